The lowest BCUT2D eigenvalue weighted by molar-refractivity contribution is -0.152. The topological polar surface area (TPSA) is 76.1 Å². The van der Waals surface area contributed by atoms with Crippen LogP contribution in [-0.4, -0.2) is 88.9 Å². The molecule has 0 unspecified atom stereocenters. The predicted molar refractivity (Wildman–Crippen MR) is 151 cm³/mol. The van der Waals surface area contributed by atoms with E-state index < -0.39 is 29.2 Å². The Morgan fingerprint density at radius 2 is 1.61 bits per heavy atom. The minimum absolute atomic E-state index is 0.0458. The van der Waals surface area contributed by atoms with Gasteiger partial charge in [0.25, 0.3) is 17.7 Å². The Balaban J connectivity index is 1.11. The summed E-state index contributed by atoms with van der Waals surface area (Å²) in [6.45, 7) is 3.86. The second-order valence-corrected chi connectivity index (χ2v) is 12.2. The third-order valence-electron chi connectivity index (χ3n) is 8.39. The number of piperidine rings is 2. The van der Waals surface area contributed by atoms with Crippen molar-refractivity contribution in [3.05, 3.63) is 63.4 Å². The molecule has 2 aromatic carbocycles. The number of rotatable bonds is 6. The van der Waals surface area contributed by atoms with Gasteiger partial charge in [0.1, 0.15) is 5.82 Å². The highest BCUT2D eigenvalue weighted by atomic mass is 35.5. The van der Waals surface area contributed by atoms with Crippen molar-refractivity contribution >= 4 is 40.7 Å². The summed E-state index contributed by atoms with van der Waals surface area (Å²) in [5.41, 5.74) is -0.773. The van der Waals surface area contributed by atoms with Crippen molar-refractivity contribution in [1.29, 1.82) is 0 Å². The minimum Gasteiger partial charge on any atom is -0.380 e. The molecule has 2 N–H and O–H groups in total. The molecule has 3 saturated heterocycles. The Morgan fingerprint density at radius 1 is 1.00 bits per heavy atom. The van der Waals surface area contributed by atoms with Gasteiger partial charge < -0.3 is 20.2 Å². The summed E-state index contributed by atoms with van der Waals surface area (Å²) in [5.74, 6) is -4.14. The number of benzene rings is 2. The van der Waals surface area contributed by atoms with Gasteiger partial charge >= 0.3 is 0 Å². The lowest BCUT2D eigenvalue weighted by atomic mass is 9.92. The fourth-order valence-electron chi connectivity index (χ4n) is 5.85. The Kier molecular flexibility index (Phi) is 8.49. The summed E-state index contributed by atoms with van der Waals surface area (Å²) < 4.78 is 40.6. The molecule has 0 aliphatic carbocycles. The van der Waals surface area contributed by atoms with Crippen LogP contribution in [0.1, 0.15) is 48.5 Å². The van der Waals surface area contributed by atoms with Crippen molar-refractivity contribution in [2.45, 2.75) is 56.2 Å². The minimum atomic E-state index is -2.76. The van der Waals surface area contributed by atoms with Crippen molar-refractivity contribution in [3.63, 3.8) is 0 Å². The first-order chi connectivity index (χ1) is 19.3. The number of aliphatic hydroxyl groups is 1. The molecule has 1 atom stereocenters. The number of alkyl halides is 2. The van der Waals surface area contributed by atoms with Gasteiger partial charge in [0.05, 0.1) is 21.7 Å². The van der Waals surface area contributed by atoms with Crippen LogP contribution in [0.3, 0.4) is 0 Å². The first-order valence-corrected chi connectivity index (χ1v) is 14.5. The monoisotopic (exact) mass is 612 g/mol. The summed E-state index contributed by atoms with van der Waals surface area (Å²) in [4.78, 5) is 31.3. The highest BCUT2D eigenvalue weighted by Crippen LogP contribution is 2.34. The van der Waals surface area contributed by atoms with Crippen LogP contribution >= 0.6 is 23.2 Å². The number of anilines is 1. The van der Waals surface area contributed by atoms with E-state index in [0.29, 0.717) is 24.8 Å². The van der Waals surface area contributed by atoms with Gasteiger partial charge in [0.15, 0.2) is 5.60 Å². The molecule has 0 radical (unpaired) electrons. The molecule has 3 aliphatic rings. The number of carbonyl (C=O) groups excluding carboxylic acids is 2. The number of likely N-dealkylation sites (tertiary alicyclic amines) is 3. The van der Waals surface area contributed by atoms with Crippen molar-refractivity contribution in [1.82, 2.24) is 14.7 Å². The first kappa shape index (κ1) is 29.9. The Morgan fingerprint density at radius 3 is 2.20 bits per heavy atom. The molecule has 222 valence electrons. The van der Waals surface area contributed by atoms with E-state index in [-0.39, 0.29) is 53.1 Å². The molecule has 0 aromatic heterocycles. The van der Waals surface area contributed by atoms with Gasteiger partial charge in [0.2, 0.25) is 0 Å². The zero-order chi connectivity index (χ0) is 29.5. The quantitative estimate of drug-likeness (QED) is 0.480. The van der Waals surface area contributed by atoms with Crippen LogP contribution in [0.4, 0.5) is 18.9 Å². The predicted octanol–water partition coefficient (Wildman–Crippen LogP) is 5.00. The molecule has 3 aliphatic heterocycles. The molecule has 5 rings (SSSR count). The summed E-state index contributed by atoms with van der Waals surface area (Å²) >= 11 is 12.8. The zero-order valence-corrected chi connectivity index (χ0v) is 24.2. The van der Waals surface area contributed by atoms with Crippen LogP contribution in [0.25, 0.3) is 0 Å². The van der Waals surface area contributed by atoms with Crippen LogP contribution < -0.4 is 5.32 Å². The van der Waals surface area contributed by atoms with Crippen molar-refractivity contribution in [2.24, 2.45) is 0 Å². The van der Waals surface area contributed by atoms with E-state index in [2.05, 4.69) is 10.2 Å². The number of hydrogen-bond acceptors (Lipinski definition) is 5. The molecule has 2 amide bonds. The van der Waals surface area contributed by atoms with Gasteiger partial charge in [-0.1, -0.05) is 35.3 Å². The number of amides is 2. The summed E-state index contributed by atoms with van der Waals surface area (Å²) in [6, 6.07) is 9.18. The van der Waals surface area contributed by atoms with Gasteiger partial charge in [-0.15, -0.1) is 0 Å². The van der Waals surface area contributed by atoms with Gasteiger partial charge in [0, 0.05) is 63.8 Å². The Bertz CT molecular complexity index is 1280. The molecule has 3 heterocycles. The zero-order valence-electron chi connectivity index (χ0n) is 22.7. The SMILES string of the molecule is C[C@@](O)(C(=O)N1CCC(N2CC(Nc3cc(Cl)c(C(=O)N4CCC(F)(F)CC4)c(Cl)c3)C2)CC1)c1cccc(F)c1. The van der Waals surface area contributed by atoms with E-state index in [4.69, 9.17) is 23.2 Å². The second-order valence-electron chi connectivity index (χ2n) is 11.4. The third-order valence-corrected chi connectivity index (χ3v) is 8.99. The number of carbonyl (C=O) groups is 2. The van der Waals surface area contributed by atoms with E-state index in [1.165, 1.54) is 30.0 Å². The van der Waals surface area contributed by atoms with E-state index >= 15 is 0 Å². The van der Waals surface area contributed by atoms with Crippen LogP contribution in [0, 0.1) is 5.82 Å². The maximum Gasteiger partial charge on any atom is 0.258 e. The second kappa shape index (κ2) is 11.6. The summed E-state index contributed by atoms with van der Waals surface area (Å²) in [6.07, 6.45) is 0.761. The Hall–Kier alpha value is -2.53. The third kappa shape index (κ3) is 6.45. The van der Waals surface area contributed by atoms with Crippen LogP contribution in [0.2, 0.25) is 10.0 Å². The Labute approximate surface area is 247 Å². The van der Waals surface area contributed by atoms with Crippen LogP contribution in [-0.2, 0) is 10.4 Å². The summed E-state index contributed by atoms with van der Waals surface area (Å²) in [5, 5.41) is 14.6. The molecule has 12 heteroatoms. The molecular formula is C29H33Cl2F3N4O3. The summed E-state index contributed by atoms with van der Waals surface area (Å²) in [7, 11) is 0. The van der Waals surface area contributed by atoms with Crippen molar-refractivity contribution in [3.8, 4) is 0 Å². The smallest absolute Gasteiger partial charge is 0.258 e. The molecule has 0 bridgehead atoms. The van der Waals surface area contributed by atoms with Crippen LogP contribution in [0.15, 0.2) is 36.4 Å². The highest BCUT2D eigenvalue weighted by Gasteiger charge is 2.41. The van der Waals surface area contributed by atoms with Crippen molar-refractivity contribution in [2.75, 3.05) is 44.6 Å². The van der Waals surface area contributed by atoms with Gasteiger partial charge in [-0.3, -0.25) is 14.5 Å². The average molecular weight is 614 g/mol. The number of nitrogens with one attached hydrogen (secondary N) is 1. The molecule has 0 spiro atoms. The highest BCUT2D eigenvalue weighted by molar-refractivity contribution is 6.40. The molecule has 2 aromatic rings. The molecule has 0 saturated carbocycles. The van der Waals surface area contributed by atoms with E-state index in [9.17, 15) is 27.9 Å². The molecule has 41 heavy (non-hydrogen) atoms. The lowest BCUT2D eigenvalue weighted by Crippen LogP contribution is -2.61. The standard InChI is InChI=1S/C29H33Cl2F3N4O3/c1-28(41,18-3-2-4-19(32)13-18)27(40)37-9-5-22(6-10-37)38-16-21(17-38)35-20-14-23(30)25(24(31)15-20)26(39)36-11-7-29(33,34)8-12-36/h2-4,13-15,21-22,35,41H,5-12,16-17H2,1H3/t28-/m0/s1. The van der Waals surface area contributed by atoms with Crippen LogP contribution in [0.5, 0.6) is 0 Å². The van der Waals surface area contributed by atoms with Crippen molar-refractivity contribution < 1.29 is 27.9 Å². The average Bonchev–Trinajstić information content (AvgIpc) is 2.89. The molecule has 3 fully saturated rings. The van der Waals surface area contributed by atoms with Gasteiger partial charge in [-0.25, -0.2) is 13.2 Å². The maximum absolute atomic E-state index is 13.6. The normalized spacial score (nSPS) is 21.7. The van der Waals surface area contributed by atoms with Gasteiger partial charge in [-0.05, 0) is 49.6 Å². The fraction of sp³-hybridized carbons (Fsp3) is 0.517. The first-order valence-electron chi connectivity index (χ1n) is 13.8. The molecule has 7 nitrogen and oxygen atoms in total. The lowest BCUT2D eigenvalue weighted by Gasteiger charge is -2.48. The number of hydrogen-bond donors (Lipinski definition) is 2. The number of halogens is 5. The van der Waals surface area contributed by atoms with Gasteiger partial charge in [-0.2, -0.15) is 0 Å². The maximum atomic E-state index is 13.6. The number of nitrogens with zero attached hydrogens (tertiary/aromatic N) is 3. The van der Waals surface area contributed by atoms with E-state index in [1.807, 2.05) is 0 Å². The van der Waals surface area contributed by atoms with E-state index in [1.54, 1.807) is 23.1 Å². The van der Waals surface area contributed by atoms with E-state index in [0.717, 1.165) is 25.9 Å². The fourth-order valence-corrected chi connectivity index (χ4v) is 6.50. The molecular weight excluding hydrogens is 580 g/mol. The largest absolute Gasteiger partial charge is 0.380 e.